The van der Waals surface area contributed by atoms with Gasteiger partial charge in [-0.2, -0.15) is 0 Å². The Balaban J connectivity index is 2.57. The Hall–Kier alpha value is -1.26. The fraction of sp³-hybridized carbons (Fsp3) is 0.714. The van der Waals surface area contributed by atoms with E-state index in [1.807, 2.05) is 0 Å². The molecular formula is C7H11NO4. The van der Waals surface area contributed by atoms with E-state index in [9.17, 15) is 4.79 Å². The molecule has 5 heteroatoms. The minimum atomic E-state index is -1.39. The molecule has 1 aliphatic heterocycles. The Bertz CT molecular complexity index is 225. The lowest BCUT2D eigenvalue weighted by Crippen LogP contribution is -2.39. The van der Waals surface area contributed by atoms with Gasteiger partial charge in [-0.05, 0) is 12.1 Å². The molecule has 1 heterocycles. The fourth-order valence-corrected chi connectivity index (χ4v) is 0.812. The van der Waals surface area contributed by atoms with Gasteiger partial charge in [0.25, 0.3) is 0 Å². The lowest BCUT2D eigenvalue weighted by Gasteiger charge is -2.17. The van der Waals surface area contributed by atoms with Crippen LogP contribution in [-0.4, -0.2) is 24.3 Å². The van der Waals surface area contributed by atoms with Gasteiger partial charge in [-0.25, -0.2) is 4.79 Å². The van der Waals surface area contributed by atoms with Crippen molar-refractivity contribution in [3.05, 3.63) is 0 Å². The minimum Gasteiger partial charge on any atom is -0.460 e. The molecule has 1 aliphatic rings. The second kappa shape index (κ2) is 3.00. The van der Waals surface area contributed by atoms with E-state index in [-0.39, 0.29) is 0 Å². The molecule has 0 saturated carbocycles. The first-order chi connectivity index (χ1) is 5.58. The topological polar surface area (TPSA) is 57.1 Å². The first kappa shape index (κ1) is 8.83. The summed E-state index contributed by atoms with van der Waals surface area (Å²) in [5.41, 5.74) is 0. The van der Waals surface area contributed by atoms with Gasteiger partial charge < -0.3 is 14.3 Å². The van der Waals surface area contributed by atoms with Crippen LogP contribution < -0.4 is 0 Å². The van der Waals surface area contributed by atoms with Gasteiger partial charge in [0.2, 0.25) is 5.90 Å². The number of rotatable bonds is 2. The Morgan fingerprint density at radius 2 is 2.42 bits per heavy atom. The highest BCUT2D eigenvalue weighted by molar-refractivity contribution is 5.84. The first-order valence-electron chi connectivity index (χ1n) is 3.67. The van der Waals surface area contributed by atoms with Crippen molar-refractivity contribution in [3.63, 3.8) is 0 Å². The van der Waals surface area contributed by atoms with Gasteiger partial charge in [0.1, 0.15) is 0 Å². The second-order valence-electron chi connectivity index (χ2n) is 2.47. The number of hydrogen-bond donors (Lipinski definition) is 0. The molecule has 1 atom stereocenters. The van der Waals surface area contributed by atoms with Crippen LogP contribution in [0.5, 0.6) is 0 Å². The summed E-state index contributed by atoms with van der Waals surface area (Å²) in [6.45, 7) is 5.07. The predicted molar refractivity (Wildman–Crippen MR) is 40.3 cm³/mol. The molecule has 0 amide bonds. The van der Waals surface area contributed by atoms with E-state index in [1.54, 1.807) is 13.8 Å². The number of ether oxygens (including phenoxy) is 2. The van der Waals surface area contributed by atoms with Crippen LogP contribution in [0.15, 0.2) is 5.16 Å². The van der Waals surface area contributed by atoms with E-state index >= 15 is 0 Å². The van der Waals surface area contributed by atoms with Crippen LogP contribution in [0.3, 0.4) is 0 Å². The highest BCUT2D eigenvalue weighted by Gasteiger charge is 2.44. The first-order valence-corrected chi connectivity index (χ1v) is 3.67. The number of carbonyl (C=O) groups is 1. The third-order valence-electron chi connectivity index (χ3n) is 1.34. The maximum absolute atomic E-state index is 11.2. The highest BCUT2D eigenvalue weighted by atomic mass is 16.8. The number of nitrogens with zero attached hydrogens (tertiary/aromatic N) is 1. The van der Waals surface area contributed by atoms with Crippen LogP contribution >= 0.6 is 0 Å². The van der Waals surface area contributed by atoms with E-state index < -0.39 is 11.8 Å². The summed E-state index contributed by atoms with van der Waals surface area (Å²) in [5.74, 6) is -1.63. The molecule has 0 fully saturated rings. The lowest BCUT2D eigenvalue weighted by atomic mass is 10.3. The average Bonchev–Trinajstić information content (AvgIpc) is 2.33. The van der Waals surface area contributed by atoms with E-state index in [4.69, 9.17) is 14.3 Å². The number of carbonyl (C=O) groups excluding carboxylic acids is 1. The molecule has 0 aromatic carbocycles. The van der Waals surface area contributed by atoms with Crippen LogP contribution in [0.25, 0.3) is 0 Å². The molecule has 0 unspecified atom stereocenters. The van der Waals surface area contributed by atoms with Gasteiger partial charge in [0.05, 0.1) is 6.61 Å². The van der Waals surface area contributed by atoms with E-state index in [0.29, 0.717) is 12.5 Å². The molecule has 0 saturated heterocycles. The maximum atomic E-state index is 11.2. The maximum Gasteiger partial charge on any atom is 0.394 e. The number of esters is 1. The number of hydrogen-bond acceptors (Lipinski definition) is 5. The predicted octanol–water partition coefficient (Wildman–Crippen LogP) is 0.646. The Kier molecular flexibility index (Phi) is 2.21. The summed E-state index contributed by atoms with van der Waals surface area (Å²) in [5, 5.41) is 3.49. The molecular weight excluding hydrogens is 162 g/mol. The molecule has 12 heavy (non-hydrogen) atoms. The van der Waals surface area contributed by atoms with Gasteiger partial charge in [-0.15, -0.1) is 0 Å². The summed E-state index contributed by atoms with van der Waals surface area (Å²) < 4.78 is 9.73. The highest BCUT2D eigenvalue weighted by Crippen LogP contribution is 2.21. The van der Waals surface area contributed by atoms with Gasteiger partial charge in [0, 0.05) is 13.8 Å². The summed E-state index contributed by atoms with van der Waals surface area (Å²) in [4.78, 5) is 15.9. The molecule has 5 nitrogen and oxygen atoms in total. The van der Waals surface area contributed by atoms with Crippen molar-refractivity contribution >= 4 is 11.9 Å². The van der Waals surface area contributed by atoms with Crippen molar-refractivity contribution in [2.24, 2.45) is 5.16 Å². The molecule has 0 aromatic heterocycles. The monoisotopic (exact) mass is 173 g/mol. The quantitative estimate of drug-likeness (QED) is 0.575. The zero-order valence-corrected chi connectivity index (χ0v) is 7.29. The SMILES string of the molecule is CCOC(=O)[C@]1(C)ON=C(C)O1. The third-order valence-corrected chi connectivity index (χ3v) is 1.34. The zero-order valence-electron chi connectivity index (χ0n) is 7.29. The van der Waals surface area contributed by atoms with Crippen molar-refractivity contribution < 1.29 is 19.1 Å². The molecule has 68 valence electrons. The van der Waals surface area contributed by atoms with Crippen molar-refractivity contribution in [1.29, 1.82) is 0 Å². The summed E-state index contributed by atoms with van der Waals surface area (Å²) >= 11 is 0. The van der Waals surface area contributed by atoms with Crippen LogP contribution in [0.4, 0.5) is 0 Å². The summed E-state index contributed by atoms with van der Waals surface area (Å²) in [7, 11) is 0. The van der Waals surface area contributed by atoms with Crippen molar-refractivity contribution in [3.8, 4) is 0 Å². The second-order valence-corrected chi connectivity index (χ2v) is 2.47. The Morgan fingerprint density at radius 1 is 1.75 bits per heavy atom. The fourth-order valence-electron chi connectivity index (χ4n) is 0.812. The van der Waals surface area contributed by atoms with Gasteiger partial charge >= 0.3 is 11.8 Å². The zero-order chi connectivity index (χ0) is 9.19. The van der Waals surface area contributed by atoms with Crippen LogP contribution in [0, 0.1) is 0 Å². The van der Waals surface area contributed by atoms with Crippen molar-refractivity contribution in [1.82, 2.24) is 0 Å². The van der Waals surface area contributed by atoms with Gasteiger partial charge in [0.15, 0.2) is 0 Å². The number of oxime groups is 1. The Labute approximate surface area is 70.3 Å². The third kappa shape index (κ3) is 1.49. The summed E-state index contributed by atoms with van der Waals surface area (Å²) in [6.07, 6.45) is 0. The van der Waals surface area contributed by atoms with Gasteiger partial charge in [-0.1, -0.05) is 0 Å². The normalized spacial score (nSPS) is 27.1. The lowest BCUT2D eigenvalue weighted by molar-refractivity contribution is -0.201. The molecule has 0 spiro atoms. The Morgan fingerprint density at radius 3 is 2.83 bits per heavy atom. The summed E-state index contributed by atoms with van der Waals surface area (Å²) in [6, 6.07) is 0. The average molecular weight is 173 g/mol. The van der Waals surface area contributed by atoms with Crippen molar-refractivity contribution in [2.45, 2.75) is 26.6 Å². The molecule has 1 rings (SSSR count). The van der Waals surface area contributed by atoms with Crippen LogP contribution in [-0.2, 0) is 19.1 Å². The molecule has 0 aliphatic carbocycles. The van der Waals surface area contributed by atoms with E-state index in [2.05, 4.69) is 5.16 Å². The molecule has 0 aromatic rings. The molecule has 0 radical (unpaired) electrons. The van der Waals surface area contributed by atoms with Gasteiger partial charge in [-0.3, -0.25) is 0 Å². The van der Waals surface area contributed by atoms with Crippen LogP contribution in [0.2, 0.25) is 0 Å². The minimum absolute atomic E-state index is 0.292. The van der Waals surface area contributed by atoms with E-state index in [0.717, 1.165) is 0 Å². The standard InChI is InChI=1S/C7H11NO4/c1-4-10-6(9)7(3)11-5(2)8-12-7/h4H2,1-3H3/t7-/m0/s1. The molecule has 0 bridgehead atoms. The molecule has 0 N–H and O–H groups in total. The smallest absolute Gasteiger partial charge is 0.394 e. The largest absolute Gasteiger partial charge is 0.460 e. The van der Waals surface area contributed by atoms with Crippen LogP contribution in [0.1, 0.15) is 20.8 Å². The van der Waals surface area contributed by atoms with E-state index in [1.165, 1.54) is 6.92 Å². The van der Waals surface area contributed by atoms with Crippen molar-refractivity contribution in [2.75, 3.05) is 6.61 Å².